The number of benzene rings is 2. The molecule has 0 saturated carbocycles. The largest absolute Gasteiger partial charge is 0.493 e. The van der Waals surface area contributed by atoms with E-state index < -0.39 is 15.9 Å². The van der Waals surface area contributed by atoms with Crippen LogP contribution in [0.3, 0.4) is 0 Å². The molecule has 2 rings (SSSR count). The standard InChI is InChI=1S/C17H17BrClNO4S/c1-3-24-16-7-6-13(10-14(16)18)25(22,23)20-17(21)9-12-5-4-11(2)15(19)8-12/h4-8,10H,3,9H2,1-2H3,(H,20,21). The topological polar surface area (TPSA) is 72.5 Å². The normalized spacial score (nSPS) is 11.2. The van der Waals surface area contributed by atoms with E-state index in [0.717, 1.165) is 5.56 Å². The summed E-state index contributed by atoms with van der Waals surface area (Å²) in [5, 5.41) is 0.531. The average molecular weight is 447 g/mol. The maximum absolute atomic E-state index is 12.4. The van der Waals surface area contributed by atoms with Crippen molar-refractivity contribution in [3.63, 3.8) is 0 Å². The molecule has 25 heavy (non-hydrogen) atoms. The van der Waals surface area contributed by atoms with Gasteiger partial charge in [-0.2, -0.15) is 0 Å². The van der Waals surface area contributed by atoms with E-state index in [2.05, 4.69) is 20.7 Å². The Labute approximate surface area is 160 Å². The number of carbonyl (C=O) groups excluding carboxylic acids is 1. The molecule has 0 unspecified atom stereocenters. The van der Waals surface area contributed by atoms with Crippen molar-refractivity contribution in [2.24, 2.45) is 0 Å². The minimum atomic E-state index is -3.97. The molecular weight excluding hydrogens is 430 g/mol. The van der Waals surface area contributed by atoms with Gasteiger partial charge in [0.25, 0.3) is 10.0 Å². The number of rotatable bonds is 6. The van der Waals surface area contributed by atoms with Gasteiger partial charge in [-0.25, -0.2) is 13.1 Å². The number of amides is 1. The Morgan fingerprint density at radius 3 is 2.56 bits per heavy atom. The molecule has 0 aliphatic rings. The summed E-state index contributed by atoms with van der Waals surface area (Å²) >= 11 is 9.28. The number of aryl methyl sites for hydroxylation is 1. The van der Waals surface area contributed by atoms with E-state index in [4.69, 9.17) is 16.3 Å². The van der Waals surface area contributed by atoms with Crippen LogP contribution in [0, 0.1) is 6.92 Å². The van der Waals surface area contributed by atoms with Gasteiger partial charge in [0, 0.05) is 5.02 Å². The molecule has 0 spiro atoms. The molecule has 1 N–H and O–H groups in total. The first-order valence-electron chi connectivity index (χ1n) is 7.46. The highest BCUT2D eigenvalue weighted by Crippen LogP contribution is 2.27. The Morgan fingerprint density at radius 2 is 1.96 bits per heavy atom. The van der Waals surface area contributed by atoms with Gasteiger partial charge in [0.15, 0.2) is 0 Å². The third-order valence-corrected chi connectivity index (χ3v) is 5.76. The Bertz CT molecular complexity index is 900. The fourth-order valence-electron chi connectivity index (χ4n) is 2.10. The van der Waals surface area contributed by atoms with Crippen LogP contribution in [0.1, 0.15) is 18.1 Å². The summed E-state index contributed by atoms with van der Waals surface area (Å²) in [6.45, 7) is 4.13. The second kappa shape index (κ2) is 8.21. The van der Waals surface area contributed by atoms with Crippen molar-refractivity contribution < 1.29 is 17.9 Å². The molecule has 0 atom stereocenters. The first-order valence-corrected chi connectivity index (χ1v) is 10.1. The van der Waals surface area contributed by atoms with Crippen LogP contribution in [0.4, 0.5) is 0 Å². The molecule has 0 saturated heterocycles. The molecule has 0 aliphatic carbocycles. The second-order valence-corrected chi connectivity index (χ2v) is 8.26. The molecule has 0 bridgehead atoms. The number of sulfonamides is 1. The van der Waals surface area contributed by atoms with Crippen LogP contribution in [0.2, 0.25) is 5.02 Å². The van der Waals surface area contributed by atoms with Crippen molar-refractivity contribution in [3.05, 3.63) is 57.0 Å². The van der Waals surface area contributed by atoms with Crippen molar-refractivity contribution in [1.82, 2.24) is 4.72 Å². The first kappa shape index (κ1) is 19.8. The summed E-state index contributed by atoms with van der Waals surface area (Å²) in [4.78, 5) is 12.1. The van der Waals surface area contributed by atoms with E-state index in [1.54, 1.807) is 18.2 Å². The summed E-state index contributed by atoms with van der Waals surface area (Å²) in [6, 6.07) is 9.48. The molecule has 134 valence electrons. The molecule has 0 heterocycles. The van der Waals surface area contributed by atoms with E-state index >= 15 is 0 Å². The minimum absolute atomic E-state index is 0.0295. The molecule has 2 aromatic carbocycles. The Balaban J connectivity index is 2.13. The number of hydrogen-bond donors (Lipinski definition) is 1. The Kier molecular flexibility index (Phi) is 6.48. The molecule has 0 fully saturated rings. The van der Waals surface area contributed by atoms with Crippen LogP contribution in [0.5, 0.6) is 5.75 Å². The number of nitrogens with one attached hydrogen (secondary N) is 1. The van der Waals surface area contributed by atoms with Crippen LogP contribution < -0.4 is 9.46 Å². The van der Waals surface area contributed by atoms with Gasteiger partial charge >= 0.3 is 0 Å². The molecule has 8 heteroatoms. The highest BCUT2D eigenvalue weighted by Gasteiger charge is 2.19. The van der Waals surface area contributed by atoms with Crippen LogP contribution in [-0.4, -0.2) is 20.9 Å². The zero-order valence-electron chi connectivity index (χ0n) is 13.7. The fourth-order valence-corrected chi connectivity index (χ4v) is 3.96. The predicted molar refractivity (Wildman–Crippen MR) is 101 cm³/mol. The van der Waals surface area contributed by atoms with Gasteiger partial charge in [0.05, 0.1) is 22.4 Å². The molecule has 0 aromatic heterocycles. The van der Waals surface area contributed by atoms with Crippen molar-refractivity contribution in [3.8, 4) is 5.75 Å². The van der Waals surface area contributed by atoms with Gasteiger partial charge in [0.1, 0.15) is 5.75 Å². The predicted octanol–water partition coefficient (Wildman–Crippen LogP) is 3.86. The highest BCUT2D eigenvalue weighted by atomic mass is 79.9. The lowest BCUT2D eigenvalue weighted by atomic mass is 10.1. The van der Waals surface area contributed by atoms with Crippen molar-refractivity contribution in [2.75, 3.05) is 6.61 Å². The van der Waals surface area contributed by atoms with Gasteiger partial charge in [-0.15, -0.1) is 0 Å². The number of carbonyl (C=O) groups is 1. The maximum atomic E-state index is 12.4. The van der Waals surface area contributed by atoms with Crippen LogP contribution in [0.25, 0.3) is 0 Å². The Morgan fingerprint density at radius 1 is 1.24 bits per heavy atom. The molecule has 0 radical (unpaired) electrons. The SMILES string of the molecule is CCOc1ccc(S(=O)(=O)NC(=O)Cc2ccc(C)c(Cl)c2)cc1Br. The van der Waals surface area contributed by atoms with Crippen molar-refractivity contribution in [1.29, 1.82) is 0 Å². The van der Waals surface area contributed by atoms with Gasteiger partial charge in [-0.3, -0.25) is 4.79 Å². The average Bonchev–Trinajstić information content (AvgIpc) is 2.52. The van der Waals surface area contributed by atoms with Crippen molar-refractivity contribution in [2.45, 2.75) is 25.2 Å². The zero-order chi connectivity index (χ0) is 18.6. The van der Waals surface area contributed by atoms with E-state index in [1.807, 2.05) is 13.8 Å². The Hall–Kier alpha value is -1.57. The van der Waals surface area contributed by atoms with Crippen LogP contribution >= 0.6 is 27.5 Å². The fraction of sp³-hybridized carbons (Fsp3) is 0.235. The molecule has 1 amide bonds. The second-order valence-electron chi connectivity index (χ2n) is 5.31. The lowest BCUT2D eigenvalue weighted by Gasteiger charge is -2.10. The maximum Gasteiger partial charge on any atom is 0.264 e. The van der Waals surface area contributed by atoms with Crippen LogP contribution in [0.15, 0.2) is 45.8 Å². The molecule has 0 aliphatic heterocycles. The van der Waals surface area contributed by atoms with E-state index in [9.17, 15) is 13.2 Å². The van der Waals surface area contributed by atoms with Gasteiger partial charge < -0.3 is 4.74 Å². The van der Waals surface area contributed by atoms with E-state index in [-0.39, 0.29) is 11.3 Å². The number of ether oxygens (including phenoxy) is 1. The molecule has 5 nitrogen and oxygen atoms in total. The number of halogens is 2. The van der Waals surface area contributed by atoms with Crippen LogP contribution in [-0.2, 0) is 21.2 Å². The summed E-state index contributed by atoms with van der Waals surface area (Å²) in [5.74, 6) is -0.105. The van der Waals surface area contributed by atoms with Gasteiger partial charge in [-0.1, -0.05) is 23.7 Å². The molecular formula is C17H17BrClNO4S. The zero-order valence-corrected chi connectivity index (χ0v) is 16.8. The van der Waals surface area contributed by atoms with E-state index in [0.29, 0.717) is 27.4 Å². The summed E-state index contributed by atoms with van der Waals surface area (Å²) in [7, 11) is -3.97. The monoisotopic (exact) mass is 445 g/mol. The van der Waals surface area contributed by atoms with Gasteiger partial charge in [0.2, 0.25) is 5.91 Å². The third-order valence-electron chi connectivity index (χ3n) is 3.36. The third kappa shape index (κ3) is 5.20. The minimum Gasteiger partial charge on any atom is -0.493 e. The summed E-state index contributed by atoms with van der Waals surface area (Å²) < 4.78 is 32.6. The van der Waals surface area contributed by atoms with E-state index in [1.165, 1.54) is 18.2 Å². The summed E-state index contributed by atoms with van der Waals surface area (Å²) in [6.07, 6.45) is -0.0859. The summed E-state index contributed by atoms with van der Waals surface area (Å²) in [5.41, 5.74) is 1.52. The number of hydrogen-bond acceptors (Lipinski definition) is 4. The first-order chi connectivity index (χ1) is 11.7. The smallest absolute Gasteiger partial charge is 0.264 e. The van der Waals surface area contributed by atoms with Gasteiger partial charge in [-0.05, 0) is 65.2 Å². The highest BCUT2D eigenvalue weighted by molar-refractivity contribution is 9.10. The molecule has 2 aromatic rings. The van der Waals surface area contributed by atoms with Crippen molar-refractivity contribution >= 4 is 43.5 Å². The quantitative estimate of drug-likeness (QED) is 0.731. The lowest BCUT2D eigenvalue weighted by Crippen LogP contribution is -2.31. The lowest BCUT2D eigenvalue weighted by molar-refractivity contribution is -0.118.